The fourth-order valence-corrected chi connectivity index (χ4v) is 3.74. The molecule has 2 aromatic heterocycles. The number of pyridine rings is 1. The molecule has 0 unspecified atom stereocenters. The maximum Gasteiger partial charge on any atom is 0.407 e. The standard InChI is InChI=1S/C18H22BrN5O4/c1-10-8-13(19)22-11(2)14(10)23-16-15(27-3)17(21-9-20-16)28-12-4-6-24(7-5-12)18(25)26/h8-9,12H,4-7H2,1-3H3,(H,25,26)(H,20,21,23). The van der Waals surface area contributed by atoms with Crippen molar-refractivity contribution < 1.29 is 19.4 Å². The number of carbonyl (C=O) groups is 1. The molecule has 1 saturated heterocycles. The van der Waals surface area contributed by atoms with Crippen LogP contribution in [0.5, 0.6) is 11.6 Å². The zero-order valence-corrected chi connectivity index (χ0v) is 17.5. The average Bonchev–Trinajstić information content (AvgIpc) is 2.65. The molecular formula is C18H22BrN5O4. The Bertz CT molecular complexity index is 848. The Morgan fingerprint density at radius 1 is 1.32 bits per heavy atom. The first-order chi connectivity index (χ1) is 13.4. The van der Waals surface area contributed by atoms with E-state index in [-0.39, 0.29) is 6.10 Å². The fourth-order valence-electron chi connectivity index (χ4n) is 3.13. The Morgan fingerprint density at radius 3 is 2.64 bits per heavy atom. The molecule has 0 aromatic carbocycles. The van der Waals surface area contributed by atoms with E-state index in [0.29, 0.717) is 43.4 Å². The number of likely N-dealkylation sites (tertiary alicyclic amines) is 1. The maximum absolute atomic E-state index is 11.0. The predicted octanol–water partition coefficient (Wildman–Crippen LogP) is 3.52. The van der Waals surface area contributed by atoms with E-state index in [1.807, 2.05) is 19.9 Å². The van der Waals surface area contributed by atoms with Gasteiger partial charge in [0.25, 0.3) is 5.88 Å². The number of carboxylic acid groups (broad SMARTS) is 1. The van der Waals surface area contributed by atoms with Gasteiger partial charge in [-0.25, -0.2) is 14.8 Å². The molecule has 0 atom stereocenters. The molecule has 1 fully saturated rings. The topological polar surface area (TPSA) is 110 Å². The summed E-state index contributed by atoms with van der Waals surface area (Å²) in [5, 5.41) is 12.3. The second-order valence-electron chi connectivity index (χ2n) is 6.49. The largest absolute Gasteiger partial charge is 0.489 e. The highest BCUT2D eigenvalue weighted by atomic mass is 79.9. The highest BCUT2D eigenvalue weighted by molar-refractivity contribution is 9.10. The number of aromatic nitrogens is 3. The van der Waals surface area contributed by atoms with Crippen LogP contribution >= 0.6 is 15.9 Å². The van der Waals surface area contributed by atoms with Crippen molar-refractivity contribution in [2.24, 2.45) is 0 Å². The first-order valence-corrected chi connectivity index (χ1v) is 9.62. The molecule has 1 aliphatic rings. The number of anilines is 2. The van der Waals surface area contributed by atoms with Gasteiger partial charge in [-0.3, -0.25) is 0 Å². The van der Waals surface area contributed by atoms with E-state index < -0.39 is 6.09 Å². The summed E-state index contributed by atoms with van der Waals surface area (Å²) in [6.07, 6.45) is 1.56. The van der Waals surface area contributed by atoms with Crippen LogP contribution < -0.4 is 14.8 Å². The van der Waals surface area contributed by atoms with Crippen molar-refractivity contribution in [3.8, 4) is 11.6 Å². The molecule has 0 radical (unpaired) electrons. The molecule has 0 saturated carbocycles. The van der Waals surface area contributed by atoms with Crippen LogP contribution in [0.2, 0.25) is 0 Å². The monoisotopic (exact) mass is 451 g/mol. The summed E-state index contributed by atoms with van der Waals surface area (Å²) in [6, 6.07) is 1.91. The average molecular weight is 452 g/mol. The third kappa shape index (κ3) is 4.44. The second-order valence-corrected chi connectivity index (χ2v) is 7.31. The number of methoxy groups -OCH3 is 1. The highest BCUT2D eigenvalue weighted by Gasteiger charge is 2.26. The molecule has 0 aliphatic carbocycles. The van der Waals surface area contributed by atoms with Crippen molar-refractivity contribution in [3.05, 3.63) is 28.3 Å². The van der Waals surface area contributed by atoms with Crippen LogP contribution in [0.3, 0.4) is 0 Å². The number of halogens is 1. The lowest BCUT2D eigenvalue weighted by atomic mass is 10.1. The molecule has 0 spiro atoms. The van der Waals surface area contributed by atoms with Gasteiger partial charge in [0.15, 0.2) is 5.82 Å². The Kier molecular flexibility index (Phi) is 6.18. The first kappa shape index (κ1) is 20.1. The smallest absolute Gasteiger partial charge is 0.407 e. The molecule has 2 N–H and O–H groups in total. The lowest BCUT2D eigenvalue weighted by Crippen LogP contribution is -2.41. The summed E-state index contributed by atoms with van der Waals surface area (Å²) in [5.74, 6) is 1.20. The number of hydrogen-bond donors (Lipinski definition) is 2. The van der Waals surface area contributed by atoms with Gasteiger partial charge in [0, 0.05) is 25.9 Å². The number of piperidine rings is 1. The SMILES string of the molecule is COc1c(Nc2c(C)cc(Br)nc2C)ncnc1OC1CCN(C(=O)O)CC1. The van der Waals surface area contributed by atoms with Gasteiger partial charge >= 0.3 is 6.09 Å². The number of rotatable bonds is 5. The van der Waals surface area contributed by atoms with Crippen LogP contribution in [0.25, 0.3) is 0 Å². The van der Waals surface area contributed by atoms with Crippen molar-refractivity contribution in [1.29, 1.82) is 0 Å². The first-order valence-electron chi connectivity index (χ1n) is 8.83. The zero-order valence-electron chi connectivity index (χ0n) is 15.9. The van der Waals surface area contributed by atoms with Crippen LogP contribution in [0, 0.1) is 13.8 Å². The minimum Gasteiger partial charge on any atom is -0.489 e. The van der Waals surface area contributed by atoms with Crippen LogP contribution in [0.15, 0.2) is 17.0 Å². The Morgan fingerprint density at radius 2 is 2.04 bits per heavy atom. The van der Waals surface area contributed by atoms with E-state index in [9.17, 15) is 4.79 Å². The van der Waals surface area contributed by atoms with Gasteiger partial charge < -0.3 is 24.8 Å². The molecule has 9 nitrogen and oxygen atoms in total. The normalized spacial score (nSPS) is 14.6. The fraction of sp³-hybridized carbons (Fsp3) is 0.444. The zero-order chi connectivity index (χ0) is 20.3. The summed E-state index contributed by atoms with van der Waals surface area (Å²) in [4.78, 5) is 25.3. The minimum atomic E-state index is -0.904. The molecule has 1 aliphatic heterocycles. The number of aryl methyl sites for hydroxylation is 2. The Labute approximate surface area is 171 Å². The Balaban J connectivity index is 1.79. The lowest BCUT2D eigenvalue weighted by molar-refractivity contribution is 0.0852. The van der Waals surface area contributed by atoms with Crippen LogP contribution in [0.1, 0.15) is 24.1 Å². The van der Waals surface area contributed by atoms with E-state index >= 15 is 0 Å². The van der Waals surface area contributed by atoms with Crippen molar-refractivity contribution in [3.63, 3.8) is 0 Å². The van der Waals surface area contributed by atoms with Gasteiger partial charge in [-0.15, -0.1) is 0 Å². The van der Waals surface area contributed by atoms with Crippen molar-refractivity contribution in [2.75, 3.05) is 25.5 Å². The van der Waals surface area contributed by atoms with Gasteiger partial charge in [0.1, 0.15) is 17.0 Å². The summed E-state index contributed by atoms with van der Waals surface area (Å²) < 4.78 is 12.3. The van der Waals surface area contributed by atoms with E-state index in [4.69, 9.17) is 14.6 Å². The number of nitrogens with one attached hydrogen (secondary N) is 1. The summed E-state index contributed by atoms with van der Waals surface area (Å²) >= 11 is 3.39. The van der Waals surface area contributed by atoms with E-state index in [2.05, 4.69) is 36.2 Å². The summed E-state index contributed by atoms with van der Waals surface area (Å²) in [7, 11) is 1.53. The predicted molar refractivity (Wildman–Crippen MR) is 107 cm³/mol. The number of hydrogen-bond acceptors (Lipinski definition) is 7. The molecule has 2 aromatic rings. The number of ether oxygens (including phenoxy) is 2. The van der Waals surface area contributed by atoms with Crippen molar-refractivity contribution in [2.45, 2.75) is 32.8 Å². The molecule has 10 heteroatoms. The van der Waals surface area contributed by atoms with E-state index in [0.717, 1.165) is 21.5 Å². The molecule has 3 rings (SSSR count). The molecule has 0 bridgehead atoms. The summed E-state index contributed by atoms with van der Waals surface area (Å²) in [6.45, 7) is 4.74. The highest BCUT2D eigenvalue weighted by Crippen LogP contribution is 2.36. The van der Waals surface area contributed by atoms with Crippen LogP contribution in [-0.2, 0) is 0 Å². The van der Waals surface area contributed by atoms with E-state index in [1.54, 1.807) is 0 Å². The molecule has 1 amide bonds. The van der Waals surface area contributed by atoms with Crippen LogP contribution in [0.4, 0.5) is 16.3 Å². The quantitative estimate of drug-likeness (QED) is 0.664. The van der Waals surface area contributed by atoms with E-state index in [1.165, 1.54) is 18.3 Å². The van der Waals surface area contributed by atoms with Gasteiger partial charge in [0.05, 0.1) is 18.5 Å². The van der Waals surface area contributed by atoms with Gasteiger partial charge in [0.2, 0.25) is 5.75 Å². The molecule has 3 heterocycles. The number of nitrogens with zero attached hydrogens (tertiary/aromatic N) is 4. The van der Waals surface area contributed by atoms with Crippen LogP contribution in [-0.4, -0.2) is 57.4 Å². The van der Waals surface area contributed by atoms with Crippen molar-refractivity contribution >= 4 is 33.5 Å². The minimum absolute atomic E-state index is 0.134. The van der Waals surface area contributed by atoms with Gasteiger partial charge in [-0.2, -0.15) is 4.98 Å². The van der Waals surface area contributed by atoms with Crippen molar-refractivity contribution in [1.82, 2.24) is 19.9 Å². The molecule has 150 valence electrons. The molecule has 28 heavy (non-hydrogen) atoms. The van der Waals surface area contributed by atoms with Gasteiger partial charge in [-0.1, -0.05) is 0 Å². The van der Waals surface area contributed by atoms with Gasteiger partial charge in [-0.05, 0) is 41.4 Å². The third-order valence-corrected chi connectivity index (χ3v) is 4.98. The number of amides is 1. The third-order valence-electron chi connectivity index (χ3n) is 4.58. The second kappa shape index (κ2) is 8.59. The maximum atomic E-state index is 11.0. The molecular weight excluding hydrogens is 430 g/mol. The Hall–Kier alpha value is -2.62. The lowest BCUT2D eigenvalue weighted by Gasteiger charge is -2.30. The summed E-state index contributed by atoms with van der Waals surface area (Å²) in [5.41, 5.74) is 2.65.